The lowest BCUT2D eigenvalue weighted by atomic mass is 10.1. The number of hydrogen-bond acceptors (Lipinski definition) is 4. The fraction of sp³-hybridized carbons (Fsp3) is 0. The molecule has 2 N–H and O–H groups in total. The molecule has 0 saturated heterocycles. The highest BCUT2D eigenvalue weighted by Gasteiger charge is 2.09. The number of rotatable bonds is 2. The summed E-state index contributed by atoms with van der Waals surface area (Å²) in [5, 5.41) is 6.54. The lowest BCUT2D eigenvalue weighted by Gasteiger charge is -1.98. The molecule has 2 aromatic heterocycles. The Labute approximate surface area is 94.3 Å². The summed E-state index contributed by atoms with van der Waals surface area (Å²) < 4.78 is 4.89. The lowest BCUT2D eigenvalue weighted by molar-refractivity contribution is 0.112. The summed E-state index contributed by atoms with van der Waals surface area (Å²) in [4.78, 5) is 24.4. The van der Waals surface area contributed by atoms with E-state index < -0.39 is 5.76 Å². The number of oxazole rings is 1. The highest BCUT2D eigenvalue weighted by Crippen LogP contribution is 2.23. The fourth-order valence-corrected chi connectivity index (χ4v) is 1.72. The SMILES string of the molecule is O=Cc1cn[nH]c1-c1ccc2oc(=O)[nH]c2c1. The van der Waals surface area contributed by atoms with E-state index in [0.717, 1.165) is 11.8 Å². The molecule has 0 unspecified atom stereocenters. The molecule has 0 radical (unpaired) electrons. The van der Waals surface area contributed by atoms with Crippen molar-refractivity contribution in [1.29, 1.82) is 0 Å². The first-order chi connectivity index (χ1) is 8.28. The van der Waals surface area contributed by atoms with Crippen LogP contribution in [0.1, 0.15) is 10.4 Å². The number of aromatic amines is 2. The van der Waals surface area contributed by atoms with E-state index in [4.69, 9.17) is 4.42 Å². The summed E-state index contributed by atoms with van der Waals surface area (Å²) in [5.74, 6) is -0.502. The molecule has 1 aromatic carbocycles. The molecule has 3 rings (SSSR count). The number of carbonyl (C=O) groups is 1. The first-order valence-corrected chi connectivity index (χ1v) is 4.90. The molecule has 84 valence electrons. The highest BCUT2D eigenvalue weighted by atomic mass is 16.4. The van der Waals surface area contributed by atoms with Gasteiger partial charge in [0.25, 0.3) is 0 Å². The summed E-state index contributed by atoms with van der Waals surface area (Å²) >= 11 is 0. The third kappa shape index (κ3) is 1.46. The molecule has 0 atom stereocenters. The molecule has 6 heteroatoms. The predicted molar refractivity (Wildman–Crippen MR) is 59.8 cm³/mol. The van der Waals surface area contributed by atoms with Crippen molar-refractivity contribution < 1.29 is 9.21 Å². The molecule has 0 fully saturated rings. The van der Waals surface area contributed by atoms with Crippen molar-refractivity contribution in [3.8, 4) is 11.3 Å². The van der Waals surface area contributed by atoms with Crippen LogP contribution in [0.25, 0.3) is 22.4 Å². The molecule has 0 aliphatic rings. The second-order valence-corrected chi connectivity index (χ2v) is 3.54. The number of nitrogens with one attached hydrogen (secondary N) is 2. The number of hydrogen-bond donors (Lipinski definition) is 2. The Balaban J connectivity index is 2.24. The maximum absolute atomic E-state index is 11.0. The van der Waals surface area contributed by atoms with Crippen LogP contribution in [0.15, 0.2) is 33.6 Å². The molecule has 0 saturated carbocycles. The zero-order valence-electron chi connectivity index (χ0n) is 8.56. The minimum Gasteiger partial charge on any atom is -0.408 e. The first-order valence-electron chi connectivity index (χ1n) is 4.90. The van der Waals surface area contributed by atoms with Crippen molar-refractivity contribution in [2.45, 2.75) is 0 Å². The molecule has 6 nitrogen and oxygen atoms in total. The monoisotopic (exact) mass is 229 g/mol. The van der Waals surface area contributed by atoms with Gasteiger partial charge in [-0.05, 0) is 18.2 Å². The van der Waals surface area contributed by atoms with Crippen LogP contribution in [0.4, 0.5) is 0 Å². The van der Waals surface area contributed by atoms with Crippen LogP contribution >= 0.6 is 0 Å². The maximum atomic E-state index is 11.0. The van der Waals surface area contributed by atoms with E-state index in [-0.39, 0.29) is 0 Å². The van der Waals surface area contributed by atoms with Crippen molar-refractivity contribution in [2.24, 2.45) is 0 Å². The van der Waals surface area contributed by atoms with Gasteiger partial charge in [-0.15, -0.1) is 0 Å². The summed E-state index contributed by atoms with van der Waals surface area (Å²) in [6.45, 7) is 0. The van der Waals surface area contributed by atoms with Gasteiger partial charge in [-0.25, -0.2) is 4.79 Å². The smallest absolute Gasteiger partial charge is 0.408 e. The summed E-state index contributed by atoms with van der Waals surface area (Å²) in [6, 6.07) is 5.14. The second-order valence-electron chi connectivity index (χ2n) is 3.54. The third-order valence-electron chi connectivity index (χ3n) is 2.50. The Morgan fingerprint density at radius 1 is 1.35 bits per heavy atom. The Bertz CT molecular complexity index is 751. The number of fused-ring (bicyclic) bond motifs is 1. The largest absolute Gasteiger partial charge is 0.417 e. The second kappa shape index (κ2) is 3.44. The van der Waals surface area contributed by atoms with Gasteiger partial charge < -0.3 is 4.42 Å². The fourth-order valence-electron chi connectivity index (χ4n) is 1.72. The molecule has 0 aliphatic heterocycles. The standard InChI is InChI=1S/C11H7N3O3/c15-5-7-4-12-14-10(7)6-1-2-9-8(3-6)13-11(16)17-9/h1-5H,(H,12,14)(H,13,16). The van der Waals surface area contributed by atoms with Gasteiger partial charge in [0.15, 0.2) is 11.9 Å². The molecule has 0 aliphatic carbocycles. The van der Waals surface area contributed by atoms with Gasteiger partial charge in [0.1, 0.15) is 0 Å². The molecule has 0 amide bonds. The van der Waals surface area contributed by atoms with E-state index in [0.29, 0.717) is 22.4 Å². The number of carbonyl (C=O) groups excluding carboxylic acids is 1. The van der Waals surface area contributed by atoms with Crippen LogP contribution in [0.5, 0.6) is 0 Å². The highest BCUT2D eigenvalue weighted by molar-refractivity contribution is 5.88. The molecule has 0 bridgehead atoms. The van der Waals surface area contributed by atoms with E-state index in [9.17, 15) is 9.59 Å². The van der Waals surface area contributed by atoms with E-state index in [2.05, 4.69) is 15.2 Å². The predicted octanol–water partition coefficient (Wildman–Crippen LogP) is 1.32. The van der Waals surface area contributed by atoms with Crippen molar-refractivity contribution >= 4 is 17.4 Å². The quantitative estimate of drug-likeness (QED) is 0.648. The normalized spacial score (nSPS) is 10.8. The van der Waals surface area contributed by atoms with Gasteiger partial charge in [-0.3, -0.25) is 14.9 Å². The molecule has 2 heterocycles. The van der Waals surface area contributed by atoms with E-state index in [1.165, 1.54) is 6.20 Å². The van der Waals surface area contributed by atoms with Crippen LogP contribution in [0.2, 0.25) is 0 Å². The van der Waals surface area contributed by atoms with E-state index in [1.807, 2.05) is 0 Å². The van der Waals surface area contributed by atoms with Crippen molar-refractivity contribution in [1.82, 2.24) is 15.2 Å². The minimum absolute atomic E-state index is 0.468. The lowest BCUT2D eigenvalue weighted by Crippen LogP contribution is -1.93. The number of benzene rings is 1. The van der Waals surface area contributed by atoms with Gasteiger partial charge in [0.05, 0.1) is 23.0 Å². The van der Waals surface area contributed by atoms with Crippen molar-refractivity contribution in [2.75, 3.05) is 0 Å². The average Bonchev–Trinajstić information content (AvgIpc) is 2.91. The van der Waals surface area contributed by atoms with E-state index >= 15 is 0 Å². The molecular weight excluding hydrogens is 222 g/mol. The Morgan fingerprint density at radius 2 is 2.24 bits per heavy atom. The van der Waals surface area contributed by atoms with Gasteiger partial charge >= 0.3 is 5.76 Å². The Hall–Kier alpha value is -2.63. The Morgan fingerprint density at radius 3 is 3.06 bits per heavy atom. The number of nitrogens with zero attached hydrogens (tertiary/aromatic N) is 1. The zero-order valence-corrected chi connectivity index (χ0v) is 8.56. The van der Waals surface area contributed by atoms with Crippen LogP contribution in [-0.2, 0) is 0 Å². The van der Waals surface area contributed by atoms with Crippen molar-refractivity contribution in [3.63, 3.8) is 0 Å². The maximum Gasteiger partial charge on any atom is 0.417 e. The van der Waals surface area contributed by atoms with Crippen LogP contribution in [0, 0.1) is 0 Å². The molecular formula is C11H7N3O3. The average molecular weight is 229 g/mol. The van der Waals surface area contributed by atoms with E-state index in [1.54, 1.807) is 18.2 Å². The Kier molecular flexibility index (Phi) is 1.94. The van der Waals surface area contributed by atoms with Gasteiger partial charge in [0, 0.05) is 5.56 Å². The molecule has 0 spiro atoms. The first kappa shape index (κ1) is 9.59. The number of H-pyrrole nitrogens is 2. The van der Waals surface area contributed by atoms with Crippen LogP contribution in [-0.4, -0.2) is 21.5 Å². The zero-order chi connectivity index (χ0) is 11.8. The summed E-state index contributed by atoms with van der Waals surface area (Å²) in [7, 11) is 0. The summed E-state index contributed by atoms with van der Waals surface area (Å²) in [6.07, 6.45) is 2.17. The molecule has 17 heavy (non-hydrogen) atoms. The van der Waals surface area contributed by atoms with Gasteiger partial charge in [-0.2, -0.15) is 5.10 Å². The molecule has 3 aromatic rings. The van der Waals surface area contributed by atoms with Crippen LogP contribution < -0.4 is 5.76 Å². The summed E-state index contributed by atoms with van der Waals surface area (Å²) in [5.41, 5.74) is 2.90. The van der Waals surface area contributed by atoms with Gasteiger partial charge in [0.2, 0.25) is 0 Å². The minimum atomic E-state index is -0.502. The van der Waals surface area contributed by atoms with Crippen LogP contribution in [0.3, 0.4) is 0 Å². The number of aromatic nitrogens is 3. The topological polar surface area (TPSA) is 91.8 Å². The van der Waals surface area contributed by atoms with Crippen molar-refractivity contribution in [3.05, 3.63) is 40.5 Å². The number of aldehydes is 1. The van der Waals surface area contributed by atoms with Gasteiger partial charge in [-0.1, -0.05) is 0 Å². The third-order valence-corrected chi connectivity index (χ3v) is 2.50.